The monoisotopic (exact) mass is 370 g/mol. The Morgan fingerprint density at radius 2 is 1.07 bits per heavy atom. The number of carbonyl (C=O) groups excluding carboxylic acids is 2. The van der Waals surface area contributed by atoms with E-state index in [0.717, 1.165) is 22.3 Å². The number of hydrogen-bond donors (Lipinski definition) is 2. The number of hydrogen-bond acceptors (Lipinski definition) is 4. The van der Waals surface area contributed by atoms with Crippen molar-refractivity contribution in [1.29, 1.82) is 0 Å². The molecule has 2 aromatic carbocycles. The van der Waals surface area contributed by atoms with Crippen LogP contribution in [0.1, 0.15) is 36.1 Å². The van der Waals surface area contributed by atoms with E-state index in [2.05, 4.69) is 10.6 Å². The van der Waals surface area contributed by atoms with Crippen LogP contribution in [-0.2, 0) is 29.0 Å². The molecule has 0 aliphatic rings. The number of benzene rings is 2. The molecule has 2 aromatic rings. The van der Waals surface area contributed by atoms with E-state index in [0.29, 0.717) is 32.7 Å². The Morgan fingerprint density at radius 1 is 0.704 bits per heavy atom. The Morgan fingerprint density at radius 3 is 1.44 bits per heavy atom. The van der Waals surface area contributed by atoms with Gasteiger partial charge >= 0.3 is 12.2 Å². The van der Waals surface area contributed by atoms with Crippen LogP contribution in [0.3, 0.4) is 0 Å². The number of nitrogens with one attached hydrogen (secondary N) is 2. The molecule has 0 radical (unpaired) electrons. The van der Waals surface area contributed by atoms with Crippen molar-refractivity contribution in [2.75, 3.05) is 13.2 Å². The maximum Gasteiger partial charge on any atom is 0.407 e. The average Bonchev–Trinajstić information content (AvgIpc) is 2.67. The van der Waals surface area contributed by atoms with Crippen molar-refractivity contribution in [3.05, 3.63) is 70.8 Å². The lowest BCUT2D eigenvalue weighted by Gasteiger charge is -2.14. The molecule has 0 aliphatic carbocycles. The lowest BCUT2D eigenvalue weighted by Crippen LogP contribution is -2.24. The first-order valence-corrected chi connectivity index (χ1v) is 9.08. The summed E-state index contributed by atoms with van der Waals surface area (Å²) in [4.78, 5) is 23.1. The minimum atomic E-state index is -0.425. The molecular formula is C21H26N2O4. The van der Waals surface area contributed by atoms with Gasteiger partial charge in [-0.1, -0.05) is 48.5 Å². The molecule has 2 amide bonds. The van der Waals surface area contributed by atoms with Crippen LogP contribution in [0.5, 0.6) is 0 Å². The number of amides is 2. The molecule has 0 saturated carbocycles. The van der Waals surface area contributed by atoms with E-state index >= 15 is 0 Å². The summed E-state index contributed by atoms with van der Waals surface area (Å²) in [6, 6.07) is 15.9. The summed E-state index contributed by atoms with van der Waals surface area (Å²) >= 11 is 0. The van der Waals surface area contributed by atoms with E-state index in [1.165, 1.54) is 0 Å². The van der Waals surface area contributed by atoms with Gasteiger partial charge in [0, 0.05) is 13.1 Å². The van der Waals surface area contributed by atoms with Crippen LogP contribution in [0.4, 0.5) is 9.59 Å². The fourth-order valence-electron chi connectivity index (χ4n) is 2.71. The van der Waals surface area contributed by atoms with Gasteiger partial charge in [0.15, 0.2) is 0 Å². The second-order valence-electron chi connectivity index (χ2n) is 5.86. The summed E-state index contributed by atoms with van der Waals surface area (Å²) < 4.78 is 9.83. The molecule has 0 spiro atoms. The second kappa shape index (κ2) is 10.9. The van der Waals surface area contributed by atoms with Gasteiger partial charge in [-0.3, -0.25) is 0 Å². The Kier molecular flexibility index (Phi) is 8.16. The molecule has 2 N–H and O–H groups in total. The highest BCUT2D eigenvalue weighted by atomic mass is 16.5. The number of rotatable bonds is 8. The number of carbonyl (C=O) groups is 2. The molecule has 0 atom stereocenters. The van der Waals surface area contributed by atoms with E-state index in [1.54, 1.807) is 13.8 Å². The van der Waals surface area contributed by atoms with Crippen LogP contribution in [-0.4, -0.2) is 25.4 Å². The maximum atomic E-state index is 11.6. The molecule has 6 heteroatoms. The predicted octanol–water partition coefficient (Wildman–Crippen LogP) is 3.77. The summed E-state index contributed by atoms with van der Waals surface area (Å²) in [6.45, 7) is 5.03. The fourth-order valence-corrected chi connectivity index (χ4v) is 2.71. The first-order chi connectivity index (χ1) is 13.1. The SMILES string of the molecule is CCOC(=O)NCc1ccccc1Cc1ccccc1CNC(=O)OCC. The third kappa shape index (κ3) is 6.66. The van der Waals surface area contributed by atoms with Crippen LogP contribution >= 0.6 is 0 Å². The lowest BCUT2D eigenvalue weighted by molar-refractivity contribution is 0.150. The molecule has 0 bridgehead atoms. The molecule has 0 fully saturated rings. The summed E-state index contributed by atoms with van der Waals surface area (Å²) in [5.41, 5.74) is 4.27. The first kappa shape index (κ1) is 20.3. The van der Waals surface area contributed by atoms with E-state index in [-0.39, 0.29) is 0 Å². The molecular weight excluding hydrogens is 344 g/mol. The summed E-state index contributed by atoms with van der Waals surface area (Å²) in [6.07, 6.45) is -0.154. The fraction of sp³-hybridized carbons (Fsp3) is 0.333. The van der Waals surface area contributed by atoms with Crippen molar-refractivity contribution in [1.82, 2.24) is 10.6 Å². The zero-order chi connectivity index (χ0) is 19.5. The summed E-state index contributed by atoms with van der Waals surface area (Å²) in [7, 11) is 0. The van der Waals surface area contributed by atoms with Gasteiger partial charge in [0.2, 0.25) is 0 Å². The topological polar surface area (TPSA) is 76.7 Å². The highest BCUT2D eigenvalue weighted by Crippen LogP contribution is 2.18. The van der Waals surface area contributed by atoms with Gasteiger partial charge in [0.05, 0.1) is 13.2 Å². The van der Waals surface area contributed by atoms with Gasteiger partial charge in [0.1, 0.15) is 0 Å². The smallest absolute Gasteiger partial charge is 0.407 e. The van der Waals surface area contributed by atoms with E-state index in [4.69, 9.17) is 9.47 Å². The van der Waals surface area contributed by atoms with Crippen LogP contribution < -0.4 is 10.6 Å². The Hall–Kier alpha value is -3.02. The number of alkyl carbamates (subject to hydrolysis) is 2. The van der Waals surface area contributed by atoms with Gasteiger partial charge in [0.25, 0.3) is 0 Å². The summed E-state index contributed by atoms with van der Waals surface area (Å²) in [5.74, 6) is 0. The van der Waals surface area contributed by atoms with Crippen LogP contribution in [0.15, 0.2) is 48.5 Å². The van der Waals surface area contributed by atoms with Gasteiger partial charge in [-0.15, -0.1) is 0 Å². The van der Waals surface area contributed by atoms with Crippen LogP contribution in [0.25, 0.3) is 0 Å². The molecule has 0 aromatic heterocycles. The molecule has 2 rings (SSSR count). The summed E-state index contributed by atoms with van der Waals surface area (Å²) in [5, 5.41) is 5.52. The normalized spacial score (nSPS) is 10.1. The Balaban J connectivity index is 2.08. The quantitative estimate of drug-likeness (QED) is 0.742. The molecule has 0 unspecified atom stereocenters. The standard InChI is InChI=1S/C21H26N2O4/c1-3-26-20(24)22-14-18-11-7-5-9-16(18)13-17-10-6-8-12-19(17)15-23-21(25)27-4-2/h5-12H,3-4,13-15H2,1-2H3,(H,22,24)(H,23,25). The second-order valence-corrected chi connectivity index (χ2v) is 5.86. The third-order valence-corrected chi connectivity index (χ3v) is 4.01. The van der Waals surface area contributed by atoms with Crippen LogP contribution in [0, 0.1) is 0 Å². The predicted molar refractivity (Wildman–Crippen MR) is 103 cm³/mol. The van der Waals surface area contributed by atoms with Gasteiger partial charge in [-0.25, -0.2) is 9.59 Å². The minimum Gasteiger partial charge on any atom is -0.450 e. The maximum absolute atomic E-state index is 11.6. The zero-order valence-electron chi connectivity index (χ0n) is 15.8. The largest absolute Gasteiger partial charge is 0.450 e. The molecule has 6 nitrogen and oxygen atoms in total. The lowest BCUT2D eigenvalue weighted by atomic mass is 9.96. The molecule has 0 heterocycles. The molecule has 0 saturated heterocycles. The molecule has 27 heavy (non-hydrogen) atoms. The van der Waals surface area contributed by atoms with E-state index < -0.39 is 12.2 Å². The van der Waals surface area contributed by atoms with Gasteiger partial charge < -0.3 is 20.1 Å². The Bertz CT molecular complexity index is 698. The van der Waals surface area contributed by atoms with E-state index in [1.807, 2.05) is 48.5 Å². The van der Waals surface area contributed by atoms with Gasteiger partial charge in [-0.2, -0.15) is 0 Å². The van der Waals surface area contributed by atoms with Crippen LogP contribution in [0.2, 0.25) is 0 Å². The molecule has 144 valence electrons. The van der Waals surface area contributed by atoms with Crippen molar-refractivity contribution in [2.24, 2.45) is 0 Å². The number of ether oxygens (including phenoxy) is 2. The minimum absolute atomic E-state index is 0.342. The highest BCUT2D eigenvalue weighted by Gasteiger charge is 2.09. The average molecular weight is 370 g/mol. The Labute approximate surface area is 159 Å². The third-order valence-electron chi connectivity index (χ3n) is 4.01. The molecule has 0 aliphatic heterocycles. The van der Waals surface area contributed by atoms with Crippen molar-refractivity contribution in [3.63, 3.8) is 0 Å². The van der Waals surface area contributed by atoms with Crippen molar-refractivity contribution >= 4 is 12.2 Å². The van der Waals surface area contributed by atoms with E-state index in [9.17, 15) is 9.59 Å². The zero-order valence-corrected chi connectivity index (χ0v) is 15.8. The first-order valence-electron chi connectivity index (χ1n) is 9.08. The highest BCUT2D eigenvalue weighted by molar-refractivity contribution is 5.67. The van der Waals surface area contributed by atoms with Crippen molar-refractivity contribution in [3.8, 4) is 0 Å². The van der Waals surface area contributed by atoms with Crippen molar-refractivity contribution < 1.29 is 19.1 Å². The van der Waals surface area contributed by atoms with Gasteiger partial charge in [-0.05, 0) is 42.5 Å². The van der Waals surface area contributed by atoms with Crippen molar-refractivity contribution in [2.45, 2.75) is 33.4 Å².